The molecule has 0 aromatic heterocycles. The Morgan fingerprint density at radius 1 is 0.545 bits per heavy atom. The molecule has 0 saturated heterocycles. The van der Waals surface area contributed by atoms with Gasteiger partial charge in [-0.05, 0) is 10.8 Å². The molecule has 0 amide bonds. The lowest BCUT2D eigenvalue weighted by atomic mass is 10.1. The summed E-state index contributed by atoms with van der Waals surface area (Å²) in [5, 5.41) is 2.62. The van der Waals surface area contributed by atoms with E-state index in [0.717, 1.165) is 0 Å². The third-order valence-corrected chi connectivity index (χ3v) is 1.66. The number of hydrogen-bond acceptors (Lipinski definition) is 0. The number of hydrogen-bond donors (Lipinski definition) is 0. The maximum Gasteiger partial charge on any atom is 0 e. The van der Waals surface area contributed by atoms with Crippen LogP contribution in [0.2, 0.25) is 0 Å². The number of benzene rings is 2. The molecule has 51 valence electrons. The van der Waals surface area contributed by atoms with E-state index in [-0.39, 0.29) is 8.41 Å². The van der Waals surface area contributed by atoms with Crippen molar-refractivity contribution in [2.75, 3.05) is 0 Å². The average Bonchev–Trinajstić information content (AvgIpc) is 2.05. The van der Waals surface area contributed by atoms with Crippen LogP contribution < -0.4 is 0 Å². The summed E-state index contributed by atoms with van der Waals surface area (Å²) < 4.78 is 0. The Kier molecular flexibility index (Phi) is 2.32. The minimum absolute atomic E-state index is 0. The molecule has 2 aromatic carbocycles. The Balaban J connectivity index is 0.000000605. The molecular formula is C10H8B. The van der Waals surface area contributed by atoms with Gasteiger partial charge in [0.15, 0.2) is 0 Å². The van der Waals surface area contributed by atoms with Crippen LogP contribution >= 0.6 is 0 Å². The maximum atomic E-state index is 2.12. The number of fused-ring (bicyclic) bond motifs is 1. The van der Waals surface area contributed by atoms with E-state index in [1.54, 1.807) is 0 Å². The van der Waals surface area contributed by atoms with E-state index >= 15 is 0 Å². The van der Waals surface area contributed by atoms with Crippen molar-refractivity contribution in [2.24, 2.45) is 0 Å². The van der Waals surface area contributed by atoms with Crippen molar-refractivity contribution in [1.82, 2.24) is 0 Å². The van der Waals surface area contributed by atoms with Crippen LogP contribution in [0.1, 0.15) is 0 Å². The van der Waals surface area contributed by atoms with Gasteiger partial charge >= 0.3 is 0 Å². The molecule has 0 heterocycles. The zero-order chi connectivity index (χ0) is 6.81. The van der Waals surface area contributed by atoms with Crippen molar-refractivity contribution in [3.63, 3.8) is 0 Å². The van der Waals surface area contributed by atoms with E-state index in [0.29, 0.717) is 0 Å². The van der Waals surface area contributed by atoms with Crippen LogP contribution in [-0.2, 0) is 0 Å². The first-order chi connectivity index (χ1) is 4.97. The summed E-state index contributed by atoms with van der Waals surface area (Å²) in [5.41, 5.74) is 0. The molecule has 11 heavy (non-hydrogen) atoms. The highest BCUT2D eigenvalue weighted by molar-refractivity contribution is 5.81. The highest BCUT2D eigenvalue weighted by Gasteiger charge is 1.85. The predicted molar refractivity (Wildman–Crippen MR) is 49.7 cm³/mol. The lowest BCUT2D eigenvalue weighted by Gasteiger charge is -1.92. The monoisotopic (exact) mass is 139 g/mol. The first kappa shape index (κ1) is 7.87. The van der Waals surface area contributed by atoms with Gasteiger partial charge < -0.3 is 0 Å². The van der Waals surface area contributed by atoms with Crippen LogP contribution in [0, 0.1) is 0 Å². The van der Waals surface area contributed by atoms with E-state index in [1.807, 2.05) is 0 Å². The second-order valence-corrected chi connectivity index (χ2v) is 2.35. The fourth-order valence-electron chi connectivity index (χ4n) is 1.13. The van der Waals surface area contributed by atoms with Crippen molar-refractivity contribution in [2.45, 2.75) is 0 Å². The van der Waals surface area contributed by atoms with Crippen molar-refractivity contribution >= 4 is 19.2 Å². The Hall–Kier alpha value is -1.24. The van der Waals surface area contributed by atoms with E-state index in [2.05, 4.69) is 48.5 Å². The molecule has 0 aliphatic carbocycles. The number of rotatable bonds is 0. The van der Waals surface area contributed by atoms with Crippen LogP contribution in [0.3, 0.4) is 0 Å². The Labute approximate surface area is 68.4 Å². The van der Waals surface area contributed by atoms with Crippen LogP contribution in [-0.4, -0.2) is 8.41 Å². The molecule has 0 N–H and O–H groups in total. The molecule has 2 aromatic rings. The molecule has 0 nitrogen and oxygen atoms in total. The molecule has 0 fully saturated rings. The summed E-state index contributed by atoms with van der Waals surface area (Å²) in [6.07, 6.45) is 0. The quantitative estimate of drug-likeness (QED) is 0.491. The topological polar surface area (TPSA) is 0 Å². The maximum absolute atomic E-state index is 2.12. The van der Waals surface area contributed by atoms with Crippen LogP contribution in [0.15, 0.2) is 48.5 Å². The zero-order valence-corrected chi connectivity index (χ0v) is 6.20. The molecule has 0 spiro atoms. The molecule has 3 radical (unpaired) electrons. The molecule has 0 aliphatic heterocycles. The van der Waals surface area contributed by atoms with Gasteiger partial charge in [-0.25, -0.2) is 0 Å². The smallest absolute Gasteiger partial charge is 0 e. The van der Waals surface area contributed by atoms with E-state index in [1.165, 1.54) is 10.8 Å². The lowest BCUT2D eigenvalue weighted by molar-refractivity contribution is 1.75. The van der Waals surface area contributed by atoms with Gasteiger partial charge in [0, 0.05) is 8.41 Å². The van der Waals surface area contributed by atoms with Crippen molar-refractivity contribution in [3.8, 4) is 0 Å². The molecule has 0 aliphatic rings. The summed E-state index contributed by atoms with van der Waals surface area (Å²) in [4.78, 5) is 0. The second-order valence-electron chi connectivity index (χ2n) is 2.35. The molecule has 0 bridgehead atoms. The van der Waals surface area contributed by atoms with Crippen LogP contribution in [0.5, 0.6) is 0 Å². The Morgan fingerprint density at radius 3 is 1.09 bits per heavy atom. The second kappa shape index (κ2) is 3.24. The summed E-state index contributed by atoms with van der Waals surface area (Å²) in [5.74, 6) is 0. The third-order valence-electron chi connectivity index (χ3n) is 1.66. The molecule has 2 rings (SSSR count). The van der Waals surface area contributed by atoms with Gasteiger partial charge in [-0.15, -0.1) is 0 Å². The molecule has 0 atom stereocenters. The Bertz CT molecular complexity index is 276. The van der Waals surface area contributed by atoms with Gasteiger partial charge in [-0.1, -0.05) is 48.5 Å². The third kappa shape index (κ3) is 1.43. The standard InChI is InChI=1S/C10H8.B/c1-2-6-10-8-4-3-7-9(10)5-1;/h1-8H;. The zero-order valence-electron chi connectivity index (χ0n) is 6.20. The predicted octanol–water partition coefficient (Wildman–Crippen LogP) is 2.46. The summed E-state index contributed by atoms with van der Waals surface area (Å²) in [6, 6.07) is 16.7. The largest absolute Gasteiger partial charge is 0.0616 e. The van der Waals surface area contributed by atoms with Gasteiger partial charge in [0.25, 0.3) is 0 Å². The minimum Gasteiger partial charge on any atom is -0.0616 e. The van der Waals surface area contributed by atoms with Gasteiger partial charge in [-0.3, -0.25) is 0 Å². The average molecular weight is 139 g/mol. The minimum atomic E-state index is 0. The first-order valence-electron chi connectivity index (χ1n) is 3.40. The first-order valence-corrected chi connectivity index (χ1v) is 3.40. The van der Waals surface area contributed by atoms with E-state index in [4.69, 9.17) is 0 Å². The highest BCUT2D eigenvalue weighted by Crippen LogP contribution is 2.11. The van der Waals surface area contributed by atoms with E-state index < -0.39 is 0 Å². The fourth-order valence-corrected chi connectivity index (χ4v) is 1.13. The Morgan fingerprint density at radius 2 is 0.818 bits per heavy atom. The summed E-state index contributed by atoms with van der Waals surface area (Å²) in [6.45, 7) is 0. The van der Waals surface area contributed by atoms with Crippen molar-refractivity contribution in [3.05, 3.63) is 48.5 Å². The molecular weight excluding hydrogens is 131 g/mol. The van der Waals surface area contributed by atoms with Gasteiger partial charge in [0.05, 0.1) is 0 Å². The SMILES string of the molecule is [B].c1ccc2ccccc2c1. The van der Waals surface area contributed by atoms with Gasteiger partial charge in [0.1, 0.15) is 0 Å². The molecule has 0 saturated carbocycles. The van der Waals surface area contributed by atoms with E-state index in [9.17, 15) is 0 Å². The highest BCUT2D eigenvalue weighted by atomic mass is 13.9. The summed E-state index contributed by atoms with van der Waals surface area (Å²) >= 11 is 0. The molecule has 0 unspecified atom stereocenters. The van der Waals surface area contributed by atoms with Crippen molar-refractivity contribution < 1.29 is 0 Å². The normalized spacial score (nSPS) is 9.09. The lowest BCUT2D eigenvalue weighted by Crippen LogP contribution is -1.67. The van der Waals surface area contributed by atoms with Crippen LogP contribution in [0.4, 0.5) is 0 Å². The van der Waals surface area contributed by atoms with Crippen molar-refractivity contribution in [1.29, 1.82) is 0 Å². The van der Waals surface area contributed by atoms with Gasteiger partial charge in [-0.2, -0.15) is 0 Å². The fraction of sp³-hybridized carbons (Fsp3) is 0. The van der Waals surface area contributed by atoms with Crippen LogP contribution in [0.25, 0.3) is 10.8 Å². The summed E-state index contributed by atoms with van der Waals surface area (Å²) in [7, 11) is 0. The molecule has 1 heteroatoms. The van der Waals surface area contributed by atoms with Gasteiger partial charge in [0.2, 0.25) is 0 Å².